The predicted molar refractivity (Wildman–Crippen MR) is 40.3 cm³/mol. The summed E-state index contributed by atoms with van der Waals surface area (Å²) in [5.74, 6) is 0. The van der Waals surface area contributed by atoms with Crippen molar-refractivity contribution in [2.75, 3.05) is 5.73 Å². The number of rotatable bonds is 2. The number of aromatic nitrogens is 1. The SMILES string of the molecule is Nc1cc([N+](=O)[O-])cnc1C(F)F. The van der Waals surface area contributed by atoms with Gasteiger partial charge in [-0.1, -0.05) is 0 Å². The smallest absolute Gasteiger partial charge is 0.289 e. The molecule has 1 heterocycles. The first kappa shape index (κ1) is 9.30. The van der Waals surface area contributed by atoms with Gasteiger partial charge in [-0.05, 0) is 0 Å². The van der Waals surface area contributed by atoms with Gasteiger partial charge in [-0.3, -0.25) is 10.1 Å². The summed E-state index contributed by atoms with van der Waals surface area (Å²) < 4.78 is 24.1. The van der Waals surface area contributed by atoms with E-state index in [0.717, 1.165) is 12.3 Å². The summed E-state index contributed by atoms with van der Waals surface area (Å²) in [6, 6.07) is 0.856. The molecule has 0 saturated heterocycles. The van der Waals surface area contributed by atoms with E-state index in [-0.39, 0.29) is 5.69 Å². The van der Waals surface area contributed by atoms with Crippen LogP contribution in [0.5, 0.6) is 0 Å². The standard InChI is InChI=1S/C6H5F2N3O2/c7-6(8)5-4(9)1-3(2-10-5)11(12)13/h1-2,6H,9H2. The molecule has 0 spiro atoms. The lowest BCUT2D eigenvalue weighted by molar-refractivity contribution is -0.385. The highest BCUT2D eigenvalue weighted by Crippen LogP contribution is 2.25. The van der Waals surface area contributed by atoms with Crippen LogP contribution in [0.1, 0.15) is 12.1 Å². The molecule has 1 aromatic heterocycles. The number of hydrogen-bond donors (Lipinski definition) is 1. The summed E-state index contributed by atoms with van der Waals surface area (Å²) in [6.07, 6.45) is -2.07. The Morgan fingerprint density at radius 2 is 2.23 bits per heavy atom. The molecule has 1 rings (SSSR count). The molecule has 0 amide bonds. The zero-order valence-electron chi connectivity index (χ0n) is 6.28. The highest BCUT2D eigenvalue weighted by atomic mass is 19.3. The molecule has 0 radical (unpaired) electrons. The van der Waals surface area contributed by atoms with Gasteiger partial charge in [0.25, 0.3) is 12.1 Å². The lowest BCUT2D eigenvalue weighted by Crippen LogP contribution is -2.00. The van der Waals surface area contributed by atoms with Gasteiger partial charge < -0.3 is 5.73 Å². The molecule has 0 bridgehead atoms. The number of nitrogens with two attached hydrogens (primary N) is 1. The average Bonchev–Trinajstić information content (AvgIpc) is 2.03. The molecule has 5 nitrogen and oxygen atoms in total. The highest BCUT2D eigenvalue weighted by Gasteiger charge is 2.16. The van der Waals surface area contributed by atoms with Crippen molar-refractivity contribution in [3.63, 3.8) is 0 Å². The van der Waals surface area contributed by atoms with E-state index in [1.165, 1.54) is 0 Å². The molecule has 70 valence electrons. The van der Waals surface area contributed by atoms with Crippen molar-refractivity contribution >= 4 is 11.4 Å². The first-order valence-corrected chi connectivity index (χ1v) is 3.20. The minimum absolute atomic E-state index is 0.371. The molecular weight excluding hydrogens is 184 g/mol. The fraction of sp³-hybridized carbons (Fsp3) is 0.167. The number of halogens is 2. The third-order valence-corrected chi connectivity index (χ3v) is 1.35. The van der Waals surface area contributed by atoms with Gasteiger partial charge in [0.05, 0.1) is 10.6 Å². The Hall–Kier alpha value is -1.79. The molecule has 0 aliphatic rings. The molecular formula is C6H5F2N3O2. The number of pyridine rings is 1. The lowest BCUT2D eigenvalue weighted by atomic mass is 10.3. The van der Waals surface area contributed by atoms with E-state index in [4.69, 9.17) is 5.73 Å². The van der Waals surface area contributed by atoms with Crippen LogP contribution in [-0.2, 0) is 0 Å². The molecule has 0 aliphatic heterocycles. The quantitative estimate of drug-likeness (QED) is 0.564. The Morgan fingerprint density at radius 1 is 1.62 bits per heavy atom. The van der Waals surface area contributed by atoms with Crippen LogP contribution in [0, 0.1) is 10.1 Å². The van der Waals surface area contributed by atoms with E-state index in [9.17, 15) is 18.9 Å². The fourth-order valence-electron chi connectivity index (χ4n) is 0.763. The lowest BCUT2D eigenvalue weighted by Gasteiger charge is -2.01. The van der Waals surface area contributed by atoms with Crippen LogP contribution in [0.2, 0.25) is 0 Å². The van der Waals surface area contributed by atoms with Gasteiger partial charge in [-0.25, -0.2) is 13.8 Å². The molecule has 2 N–H and O–H groups in total. The molecule has 0 atom stereocenters. The van der Waals surface area contributed by atoms with E-state index in [1.54, 1.807) is 0 Å². The summed E-state index contributed by atoms with van der Waals surface area (Å²) in [7, 11) is 0. The second-order valence-electron chi connectivity index (χ2n) is 2.23. The highest BCUT2D eigenvalue weighted by molar-refractivity contribution is 5.50. The monoisotopic (exact) mass is 189 g/mol. The minimum atomic E-state index is -2.82. The molecule has 1 aromatic rings. The number of nitrogens with zero attached hydrogens (tertiary/aromatic N) is 2. The van der Waals surface area contributed by atoms with E-state index in [1.807, 2.05) is 0 Å². The number of anilines is 1. The Balaban J connectivity index is 3.13. The molecule has 0 unspecified atom stereocenters. The first-order valence-electron chi connectivity index (χ1n) is 3.20. The largest absolute Gasteiger partial charge is 0.397 e. The maximum absolute atomic E-state index is 12.0. The fourth-order valence-corrected chi connectivity index (χ4v) is 0.763. The Labute approximate surface area is 71.3 Å². The minimum Gasteiger partial charge on any atom is -0.397 e. The van der Waals surface area contributed by atoms with E-state index < -0.39 is 22.7 Å². The van der Waals surface area contributed by atoms with Gasteiger partial charge in [-0.15, -0.1) is 0 Å². The maximum atomic E-state index is 12.0. The molecule has 0 aromatic carbocycles. The molecule has 0 fully saturated rings. The van der Waals surface area contributed by atoms with Crippen LogP contribution < -0.4 is 5.73 Å². The van der Waals surface area contributed by atoms with Gasteiger partial charge in [0.1, 0.15) is 11.9 Å². The summed E-state index contributed by atoms with van der Waals surface area (Å²) in [6.45, 7) is 0. The van der Waals surface area contributed by atoms with Crippen molar-refractivity contribution in [1.29, 1.82) is 0 Å². The van der Waals surface area contributed by atoms with Crippen LogP contribution in [0.15, 0.2) is 12.3 Å². The van der Waals surface area contributed by atoms with Crippen LogP contribution in [0.25, 0.3) is 0 Å². The van der Waals surface area contributed by atoms with Gasteiger partial charge >= 0.3 is 0 Å². The van der Waals surface area contributed by atoms with Crippen LogP contribution in [0.3, 0.4) is 0 Å². The normalized spacial score (nSPS) is 10.4. The van der Waals surface area contributed by atoms with Gasteiger partial charge in [0.2, 0.25) is 0 Å². The van der Waals surface area contributed by atoms with Crippen molar-refractivity contribution in [1.82, 2.24) is 4.98 Å². The van der Waals surface area contributed by atoms with Crippen LogP contribution in [0.4, 0.5) is 20.2 Å². The number of nitrogen functional groups attached to an aromatic ring is 1. The third kappa shape index (κ3) is 1.86. The Bertz CT molecular complexity index is 343. The average molecular weight is 189 g/mol. The van der Waals surface area contributed by atoms with Crippen LogP contribution in [-0.4, -0.2) is 9.91 Å². The van der Waals surface area contributed by atoms with Crippen LogP contribution >= 0.6 is 0 Å². The van der Waals surface area contributed by atoms with Crippen molar-refractivity contribution in [2.24, 2.45) is 0 Å². The second-order valence-corrected chi connectivity index (χ2v) is 2.23. The number of alkyl halides is 2. The van der Waals surface area contributed by atoms with E-state index in [0.29, 0.717) is 0 Å². The Kier molecular flexibility index (Phi) is 2.36. The van der Waals surface area contributed by atoms with Crippen molar-refractivity contribution in [2.45, 2.75) is 6.43 Å². The summed E-state index contributed by atoms with van der Waals surface area (Å²) in [5.41, 5.74) is 3.71. The molecule has 0 saturated carbocycles. The zero-order chi connectivity index (χ0) is 10.0. The van der Waals surface area contributed by atoms with Crippen molar-refractivity contribution in [3.8, 4) is 0 Å². The molecule has 7 heteroatoms. The van der Waals surface area contributed by atoms with Gasteiger partial charge in [0.15, 0.2) is 0 Å². The third-order valence-electron chi connectivity index (χ3n) is 1.35. The van der Waals surface area contributed by atoms with Crippen molar-refractivity contribution in [3.05, 3.63) is 28.1 Å². The Morgan fingerprint density at radius 3 is 2.62 bits per heavy atom. The van der Waals surface area contributed by atoms with Gasteiger partial charge in [-0.2, -0.15) is 0 Å². The van der Waals surface area contributed by atoms with Gasteiger partial charge in [0, 0.05) is 6.07 Å². The second kappa shape index (κ2) is 3.30. The zero-order valence-corrected chi connectivity index (χ0v) is 6.28. The topological polar surface area (TPSA) is 82.0 Å². The van der Waals surface area contributed by atoms with E-state index in [2.05, 4.69) is 4.98 Å². The molecule has 13 heavy (non-hydrogen) atoms. The summed E-state index contributed by atoms with van der Waals surface area (Å²) in [4.78, 5) is 12.6. The summed E-state index contributed by atoms with van der Waals surface area (Å²) >= 11 is 0. The predicted octanol–water partition coefficient (Wildman–Crippen LogP) is 1.51. The maximum Gasteiger partial charge on any atom is 0.289 e. The number of nitro groups is 1. The molecule has 0 aliphatic carbocycles. The van der Waals surface area contributed by atoms with E-state index >= 15 is 0 Å². The summed E-state index contributed by atoms with van der Waals surface area (Å²) in [5, 5.41) is 10.2. The first-order chi connectivity index (χ1) is 6.02. The van der Waals surface area contributed by atoms with Crippen molar-refractivity contribution < 1.29 is 13.7 Å². The number of hydrogen-bond acceptors (Lipinski definition) is 4.